The minimum Gasteiger partial charge on any atom is -0.376 e. The number of halogens is 1. The summed E-state index contributed by atoms with van der Waals surface area (Å²) in [7, 11) is 0. The molecule has 1 aromatic heterocycles. The van der Waals surface area contributed by atoms with E-state index in [2.05, 4.69) is 26.1 Å². The monoisotopic (exact) mass is 339 g/mol. The van der Waals surface area contributed by atoms with Gasteiger partial charge in [0.25, 0.3) is 5.89 Å². The number of hydrogen-bond donors (Lipinski definition) is 1. The Kier molecular flexibility index (Phi) is 4.57. The lowest BCUT2D eigenvalue weighted by Gasteiger charge is -2.21. The lowest BCUT2D eigenvalue weighted by atomic mass is 10.1. The van der Waals surface area contributed by atoms with Gasteiger partial charge in [0.2, 0.25) is 0 Å². The van der Waals surface area contributed by atoms with E-state index in [0.717, 1.165) is 10.0 Å². The summed E-state index contributed by atoms with van der Waals surface area (Å²) in [5, 5.41) is 3.96. The molecule has 1 atom stereocenters. The quantitative estimate of drug-likeness (QED) is 0.905. The smallest absolute Gasteiger partial charge is 0.257 e. The van der Waals surface area contributed by atoms with Crippen LogP contribution in [0.25, 0.3) is 11.5 Å². The molecule has 108 valence electrons. The van der Waals surface area contributed by atoms with Crippen LogP contribution in [0.3, 0.4) is 0 Å². The topological polar surface area (TPSA) is 74.2 Å². The lowest BCUT2D eigenvalue weighted by molar-refractivity contribution is 0.0410. The SMILES string of the molecule is CC(C)OCC(C)(N)c1noc(-c2ccc(Br)cc2)n1. The number of aromatic nitrogens is 2. The van der Waals surface area contributed by atoms with Gasteiger partial charge in [-0.05, 0) is 45.0 Å². The van der Waals surface area contributed by atoms with Crippen LogP contribution in [-0.2, 0) is 10.3 Å². The largest absolute Gasteiger partial charge is 0.376 e. The zero-order chi connectivity index (χ0) is 14.8. The van der Waals surface area contributed by atoms with E-state index in [-0.39, 0.29) is 6.10 Å². The third-order valence-electron chi connectivity index (χ3n) is 2.74. The molecular formula is C14H18BrN3O2. The van der Waals surface area contributed by atoms with E-state index in [1.54, 1.807) is 0 Å². The molecule has 2 N–H and O–H groups in total. The maximum atomic E-state index is 6.18. The van der Waals surface area contributed by atoms with Crippen molar-refractivity contribution in [2.24, 2.45) is 5.73 Å². The molecule has 2 aromatic rings. The Labute approximate surface area is 126 Å². The first-order valence-corrected chi connectivity index (χ1v) is 7.18. The van der Waals surface area contributed by atoms with Crippen LogP contribution < -0.4 is 5.73 Å². The van der Waals surface area contributed by atoms with E-state index >= 15 is 0 Å². The van der Waals surface area contributed by atoms with Gasteiger partial charge in [-0.25, -0.2) is 0 Å². The molecule has 20 heavy (non-hydrogen) atoms. The summed E-state index contributed by atoms with van der Waals surface area (Å²) >= 11 is 3.39. The maximum Gasteiger partial charge on any atom is 0.257 e. The minimum absolute atomic E-state index is 0.107. The van der Waals surface area contributed by atoms with Crippen LogP contribution >= 0.6 is 15.9 Å². The highest BCUT2D eigenvalue weighted by atomic mass is 79.9. The van der Waals surface area contributed by atoms with E-state index in [4.69, 9.17) is 15.0 Å². The van der Waals surface area contributed by atoms with Gasteiger partial charge in [0.15, 0.2) is 5.82 Å². The minimum atomic E-state index is -0.776. The molecule has 0 aliphatic carbocycles. The second kappa shape index (κ2) is 6.03. The third-order valence-corrected chi connectivity index (χ3v) is 3.27. The van der Waals surface area contributed by atoms with Gasteiger partial charge in [-0.3, -0.25) is 0 Å². The molecule has 1 heterocycles. The lowest BCUT2D eigenvalue weighted by Crippen LogP contribution is -2.40. The van der Waals surface area contributed by atoms with E-state index in [0.29, 0.717) is 18.3 Å². The predicted octanol–water partition coefficient (Wildman–Crippen LogP) is 3.10. The van der Waals surface area contributed by atoms with E-state index in [1.165, 1.54) is 0 Å². The van der Waals surface area contributed by atoms with Crippen LogP contribution in [0.4, 0.5) is 0 Å². The van der Waals surface area contributed by atoms with Gasteiger partial charge in [0, 0.05) is 10.0 Å². The van der Waals surface area contributed by atoms with Gasteiger partial charge in [0.1, 0.15) is 5.54 Å². The zero-order valence-corrected chi connectivity index (χ0v) is 13.3. The van der Waals surface area contributed by atoms with Gasteiger partial charge in [0.05, 0.1) is 12.7 Å². The first-order valence-electron chi connectivity index (χ1n) is 6.39. The molecule has 0 amide bonds. The Morgan fingerprint density at radius 1 is 1.35 bits per heavy atom. The number of benzene rings is 1. The molecule has 0 spiro atoms. The molecular weight excluding hydrogens is 322 g/mol. The summed E-state index contributed by atoms with van der Waals surface area (Å²) in [4.78, 5) is 4.36. The predicted molar refractivity (Wildman–Crippen MR) is 80.1 cm³/mol. The molecule has 0 radical (unpaired) electrons. The fourth-order valence-electron chi connectivity index (χ4n) is 1.57. The Hall–Kier alpha value is -1.24. The first-order chi connectivity index (χ1) is 9.38. The Morgan fingerprint density at radius 2 is 2.00 bits per heavy atom. The molecule has 0 saturated carbocycles. The summed E-state index contributed by atoms with van der Waals surface area (Å²) in [5.74, 6) is 0.893. The Morgan fingerprint density at radius 3 is 2.60 bits per heavy atom. The fourth-order valence-corrected chi connectivity index (χ4v) is 1.83. The molecule has 1 aromatic carbocycles. The van der Waals surface area contributed by atoms with Gasteiger partial charge in [-0.15, -0.1) is 0 Å². The highest BCUT2D eigenvalue weighted by molar-refractivity contribution is 9.10. The molecule has 0 bridgehead atoms. The molecule has 0 saturated heterocycles. The van der Waals surface area contributed by atoms with E-state index in [9.17, 15) is 0 Å². The van der Waals surface area contributed by atoms with Crippen LogP contribution in [0.1, 0.15) is 26.6 Å². The van der Waals surface area contributed by atoms with Crippen molar-refractivity contribution in [1.82, 2.24) is 10.1 Å². The van der Waals surface area contributed by atoms with Gasteiger partial charge >= 0.3 is 0 Å². The van der Waals surface area contributed by atoms with Crippen molar-refractivity contribution in [2.75, 3.05) is 6.61 Å². The van der Waals surface area contributed by atoms with Crippen molar-refractivity contribution in [3.8, 4) is 11.5 Å². The van der Waals surface area contributed by atoms with Crippen LogP contribution in [-0.4, -0.2) is 22.9 Å². The summed E-state index contributed by atoms with van der Waals surface area (Å²) in [5.41, 5.74) is 6.26. The van der Waals surface area contributed by atoms with Crippen molar-refractivity contribution in [2.45, 2.75) is 32.4 Å². The van der Waals surface area contributed by atoms with Crippen molar-refractivity contribution in [3.05, 3.63) is 34.6 Å². The van der Waals surface area contributed by atoms with Gasteiger partial charge < -0.3 is 15.0 Å². The number of nitrogens with zero attached hydrogens (tertiary/aromatic N) is 2. The second-order valence-electron chi connectivity index (χ2n) is 5.21. The summed E-state index contributed by atoms with van der Waals surface area (Å²) in [6.45, 7) is 6.08. The number of ether oxygens (including phenoxy) is 1. The number of rotatable bonds is 5. The van der Waals surface area contributed by atoms with Crippen LogP contribution in [0.5, 0.6) is 0 Å². The first kappa shape index (κ1) is 15.2. The summed E-state index contributed by atoms with van der Waals surface area (Å²) < 4.78 is 11.8. The zero-order valence-electron chi connectivity index (χ0n) is 11.8. The number of nitrogens with two attached hydrogens (primary N) is 1. The van der Waals surface area contributed by atoms with Crippen molar-refractivity contribution < 1.29 is 9.26 Å². The van der Waals surface area contributed by atoms with Crippen molar-refractivity contribution >= 4 is 15.9 Å². The summed E-state index contributed by atoms with van der Waals surface area (Å²) in [6.07, 6.45) is 0.107. The Balaban J connectivity index is 2.17. The second-order valence-corrected chi connectivity index (χ2v) is 6.12. The van der Waals surface area contributed by atoms with Gasteiger partial charge in [-0.2, -0.15) is 4.98 Å². The average molecular weight is 340 g/mol. The normalized spacial score (nSPS) is 14.5. The standard InChI is InChI=1S/C14H18BrN3O2/c1-9(2)19-8-14(3,16)13-17-12(20-18-13)10-4-6-11(15)7-5-10/h4-7,9H,8,16H2,1-3H3. The third kappa shape index (κ3) is 3.65. The average Bonchev–Trinajstić information content (AvgIpc) is 2.88. The van der Waals surface area contributed by atoms with Crippen LogP contribution in [0.15, 0.2) is 33.3 Å². The molecule has 0 aliphatic heterocycles. The van der Waals surface area contributed by atoms with Crippen molar-refractivity contribution in [3.63, 3.8) is 0 Å². The molecule has 6 heteroatoms. The molecule has 0 fully saturated rings. The van der Waals surface area contributed by atoms with E-state index in [1.807, 2.05) is 45.0 Å². The molecule has 5 nitrogen and oxygen atoms in total. The molecule has 0 aliphatic rings. The molecule has 1 unspecified atom stereocenters. The molecule has 2 rings (SSSR count). The highest BCUT2D eigenvalue weighted by Gasteiger charge is 2.28. The van der Waals surface area contributed by atoms with E-state index < -0.39 is 5.54 Å². The summed E-state index contributed by atoms with van der Waals surface area (Å²) in [6, 6.07) is 7.64. The maximum absolute atomic E-state index is 6.18. The van der Waals surface area contributed by atoms with Crippen molar-refractivity contribution in [1.29, 1.82) is 0 Å². The Bertz CT molecular complexity index is 564. The van der Waals surface area contributed by atoms with Crippen LogP contribution in [0, 0.1) is 0 Å². The van der Waals surface area contributed by atoms with Gasteiger partial charge in [-0.1, -0.05) is 21.1 Å². The fraction of sp³-hybridized carbons (Fsp3) is 0.429. The number of hydrogen-bond acceptors (Lipinski definition) is 5. The van der Waals surface area contributed by atoms with Crippen LogP contribution in [0.2, 0.25) is 0 Å². The highest BCUT2D eigenvalue weighted by Crippen LogP contribution is 2.23.